The molecule has 1 aliphatic heterocycles. The Morgan fingerprint density at radius 3 is 2.81 bits per heavy atom. The monoisotopic (exact) mass is 393 g/mol. The second-order valence-corrected chi connectivity index (χ2v) is 7.15. The molecule has 6 heteroatoms. The Bertz CT molecular complexity index is 796. The van der Waals surface area contributed by atoms with E-state index < -0.39 is 12.0 Å². The van der Waals surface area contributed by atoms with Crippen molar-refractivity contribution in [3.8, 4) is 5.75 Å². The summed E-state index contributed by atoms with van der Waals surface area (Å²) in [5, 5.41) is 10.7. The van der Waals surface area contributed by atoms with Gasteiger partial charge < -0.3 is 9.84 Å². The summed E-state index contributed by atoms with van der Waals surface area (Å²) in [7, 11) is 0. The molecule has 2 unspecified atom stereocenters. The van der Waals surface area contributed by atoms with Gasteiger partial charge in [-0.2, -0.15) is 0 Å². The van der Waals surface area contributed by atoms with Gasteiger partial charge >= 0.3 is 5.97 Å². The van der Waals surface area contributed by atoms with Crippen LogP contribution in [0.3, 0.4) is 0 Å². The van der Waals surface area contributed by atoms with Crippen LogP contribution in [-0.2, 0) is 4.79 Å². The number of nitrogens with zero attached hydrogens (tertiary/aromatic N) is 1. The van der Waals surface area contributed by atoms with Gasteiger partial charge in [-0.3, -0.25) is 9.69 Å². The fourth-order valence-corrected chi connectivity index (χ4v) is 4.09. The van der Waals surface area contributed by atoms with Crippen LogP contribution >= 0.6 is 23.2 Å². The number of carboxylic acid groups (broad SMARTS) is 1. The van der Waals surface area contributed by atoms with E-state index in [-0.39, 0.29) is 6.04 Å². The third-order valence-electron chi connectivity index (χ3n) is 4.65. The van der Waals surface area contributed by atoms with Crippen LogP contribution in [-0.4, -0.2) is 35.2 Å². The Balaban J connectivity index is 2.10. The van der Waals surface area contributed by atoms with Gasteiger partial charge in [0.25, 0.3) is 0 Å². The zero-order valence-corrected chi connectivity index (χ0v) is 16.0. The lowest BCUT2D eigenvalue weighted by atomic mass is 9.96. The lowest BCUT2D eigenvalue weighted by molar-refractivity contribution is -0.142. The first-order chi connectivity index (χ1) is 12.5. The van der Waals surface area contributed by atoms with Crippen LogP contribution < -0.4 is 4.74 Å². The Hall–Kier alpha value is -1.75. The predicted octanol–water partition coefficient (Wildman–Crippen LogP) is 5.03. The fraction of sp³-hybridized carbons (Fsp3) is 0.350. The molecular weight excluding hydrogens is 373 g/mol. The Labute approximate surface area is 163 Å². The van der Waals surface area contributed by atoms with E-state index in [0.717, 1.165) is 23.3 Å². The number of ether oxygens (including phenoxy) is 1. The quantitative estimate of drug-likeness (QED) is 0.747. The Kier molecular flexibility index (Phi) is 6.07. The topological polar surface area (TPSA) is 49.8 Å². The van der Waals surface area contributed by atoms with Crippen molar-refractivity contribution in [2.24, 2.45) is 0 Å². The zero-order valence-electron chi connectivity index (χ0n) is 14.5. The van der Waals surface area contributed by atoms with Gasteiger partial charge in [0, 0.05) is 16.6 Å². The van der Waals surface area contributed by atoms with Gasteiger partial charge in [0.15, 0.2) is 0 Å². The summed E-state index contributed by atoms with van der Waals surface area (Å²) in [6.07, 6.45) is 1.46. The minimum Gasteiger partial charge on any atom is -0.494 e. The van der Waals surface area contributed by atoms with Crippen LogP contribution in [0, 0.1) is 0 Å². The predicted molar refractivity (Wildman–Crippen MR) is 103 cm³/mol. The van der Waals surface area contributed by atoms with Gasteiger partial charge in [0.2, 0.25) is 0 Å². The van der Waals surface area contributed by atoms with Gasteiger partial charge in [-0.05, 0) is 55.2 Å². The first-order valence-corrected chi connectivity index (χ1v) is 9.43. The summed E-state index contributed by atoms with van der Waals surface area (Å²) < 4.78 is 5.63. The number of rotatable bonds is 6. The Morgan fingerprint density at radius 1 is 1.31 bits per heavy atom. The van der Waals surface area contributed by atoms with Gasteiger partial charge in [-0.15, -0.1) is 0 Å². The molecule has 0 bridgehead atoms. The second kappa shape index (κ2) is 8.30. The number of halogens is 2. The van der Waals surface area contributed by atoms with E-state index in [1.54, 1.807) is 12.1 Å². The summed E-state index contributed by atoms with van der Waals surface area (Å²) in [4.78, 5) is 13.8. The maximum absolute atomic E-state index is 11.8. The van der Waals surface area contributed by atoms with Crippen molar-refractivity contribution in [1.82, 2.24) is 4.90 Å². The van der Waals surface area contributed by atoms with Crippen LogP contribution in [0.4, 0.5) is 0 Å². The van der Waals surface area contributed by atoms with Crippen LogP contribution in [0.5, 0.6) is 5.75 Å². The van der Waals surface area contributed by atoms with Crippen molar-refractivity contribution in [2.75, 3.05) is 13.2 Å². The number of carbonyl (C=O) groups is 1. The molecule has 0 aliphatic carbocycles. The lowest BCUT2D eigenvalue weighted by Crippen LogP contribution is -2.39. The highest BCUT2D eigenvalue weighted by Gasteiger charge is 2.37. The number of benzene rings is 2. The first kappa shape index (κ1) is 19.0. The molecule has 0 saturated carbocycles. The van der Waals surface area contributed by atoms with Crippen molar-refractivity contribution in [2.45, 2.75) is 31.8 Å². The van der Waals surface area contributed by atoms with E-state index in [0.29, 0.717) is 29.6 Å². The molecule has 1 saturated heterocycles. The average Bonchev–Trinajstić information content (AvgIpc) is 3.07. The summed E-state index contributed by atoms with van der Waals surface area (Å²) in [5.74, 6) is -0.0512. The molecule has 1 heterocycles. The van der Waals surface area contributed by atoms with Crippen LogP contribution in [0.1, 0.15) is 36.9 Å². The Morgan fingerprint density at radius 2 is 2.12 bits per heavy atom. The van der Waals surface area contributed by atoms with Crippen LogP contribution in [0.25, 0.3) is 0 Å². The van der Waals surface area contributed by atoms with Gasteiger partial charge in [-0.25, -0.2) is 0 Å². The first-order valence-electron chi connectivity index (χ1n) is 8.67. The maximum Gasteiger partial charge on any atom is 0.320 e. The SMILES string of the molecule is CCOc1cccc(C(c2ccc(Cl)cc2Cl)N2CCCC2C(=O)O)c1. The van der Waals surface area contributed by atoms with Gasteiger partial charge in [0.05, 0.1) is 12.6 Å². The summed E-state index contributed by atoms with van der Waals surface area (Å²) in [6, 6.07) is 12.3. The minimum atomic E-state index is -0.807. The number of carboxylic acids is 1. The zero-order chi connectivity index (χ0) is 18.7. The number of hydrogen-bond donors (Lipinski definition) is 1. The molecule has 1 fully saturated rings. The fourth-order valence-electron chi connectivity index (χ4n) is 3.58. The molecule has 1 aliphatic rings. The molecule has 2 aromatic carbocycles. The third kappa shape index (κ3) is 3.98. The minimum absolute atomic E-state index is 0.274. The molecule has 3 rings (SSSR count). The highest BCUT2D eigenvalue weighted by Crippen LogP contribution is 2.39. The number of likely N-dealkylation sites (tertiary alicyclic amines) is 1. The van der Waals surface area contributed by atoms with Crippen LogP contribution in [0.2, 0.25) is 10.0 Å². The van der Waals surface area contributed by atoms with E-state index >= 15 is 0 Å². The molecule has 2 atom stereocenters. The molecule has 0 spiro atoms. The van der Waals surface area contributed by atoms with Crippen LogP contribution in [0.15, 0.2) is 42.5 Å². The third-order valence-corrected chi connectivity index (χ3v) is 5.22. The van der Waals surface area contributed by atoms with E-state index in [9.17, 15) is 9.90 Å². The number of hydrogen-bond acceptors (Lipinski definition) is 3. The largest absolute Gasteiger partial charge is 0.494 e. The smallest absolute Gasteiger partial charge is 0.320 e. The van der Waals surface area contributed by atoms with Crippen molar-refractivity contribution in [3.63, 3.8) is 0 Å². The standard InChI is InChI=1S/C20H21Cl2NO3/c1-2-26-15-6-3-5-13(11-15)19(16-9-8-14(21)12-17(16)22)23-10-4-7-18(23)20(24)25/h3,5-6,8-9,11-12,18-19H,2,4,7,10H2,1H3,(H,24,25). The summed E-state index contributed by atoms with van der Waals surface area (Å²) >= 11 is 12.6. The van der Waals surface area contributed by atoms with Gasteiger partial charge in [0.1, 0.15) is 11.8 Å². The molecular formula is C20H21Cl2NO3. The van der Waals surface area contributed by atoms with E-state index in [4.69, 9.17) is 27.9 Å². The van der Waals surface area contributed by atoms with Crippen molar-refractivity contribution < 1.29 is 14.6 Å². The molecule has 4 nitrogen and oxygen atoms in total. The molecule has 0 amide bonds. The van der Waals surface area contributed by atoms with Crippen molar-refractivity contribution in [1.29, 1.82) is 0 Å². The molecule has 2 aromatic rings. The number of aliphatic carboxylic acids is 1. The van der Waals surface area contributed by atoms with E-state index in [1.165, 1.54) is 0 Å². The summed E-state index contributed by atoms with van der Waals surface area (Å²) in [6.45, 7) is 3.19. The highest BCUT2D eigenvalue weighted by atomic mass is 35.5. The van der Waals surface area contributed by atoms with Crippen molar-refractivity contribution >= 4 is 29.2 Å². The highest BCUT2D eigenvalue weighted by molar-refractivity contribution is 6.35. The van der Waals surface area contributed by atoms with E-state index in [2.05, 4.69) is 0 Å². The average molecular weight is 394 g/mol. The second-order valence-electron chi connectivity index (χ2n) is 6.31. The normalized spacial score (nSPS) is 18.7. The molecule has 0 aromatic heterocycles. The maximum atomic E-state index is 11.8. The van der Waals surface area contributed by atoms with Crippen molar-refractivity contribution in [3.05, 3.63) is 63.6 Å². The molecule has 26 heavy (non-hydrogen) atoms. The summed E-state index contributed by atoms with van der Waals surface area (Å²) in [5.41, 5.74) is 1.80. The lowest BCUT2D eigenvalue weighted by Gasteiger charge is -2.32. The molecule has 1 N–H and O–H groups in total. The van der Waals surface area contributed by atoms with E-state index in [1.807, 2.05) is 42.2 Å². The van der Waals surface area contributed by atoms with Gasteiger partial charge in [-0.1, -0.05) is 41.4 Å². The molecule has 138 valence electrons. The molecule has 0 radical (unpaired) electrons.